The molecule has 8 aromatic carbocycles. The predicted octanol–water partition coefficient (Wildman–Crippen LogP) is 15.8. The topological polar surface area (TPSA) is 50.9 Å². The van der Waals surface area contributed by atoms with Gasteiger partial charge in [-0.25, -0.2) is 4.98 Å². The van der Waals surface area contributed by atoms with E-state index in [1.54, 1.807) is 0 Å². The molecule has 10 aromatic rings. The van der Waals surface area contributed by atoms with Gasteiger partial charge in [-0.15, -0.1) is 23.8 Å². The molecule has 10 rings (SSSR count). The molecule has 1 N–H and O–H groups in total. The molecule has 0 spiro atoms. The Morgan fingerprint density at radius 2 is 1.18 bits per heavy atom. The largest absolute Gasteiger partial charge is 0.507 e. The number of fused-ring (bicyclic) bond motifs is 1. The van der Waals surface area contributed by atoms with Crippen LogP contribution in [0.5, 0.6) is 5.75 Å². The summed E-state index contributed by atoms with van der Waals surface area (Å²) in [6.45, 7) is 8.03. The third-order valence-corrected chi connectivity index (χ3v) is 12.3. The van der Waals surface area contributed by atoms with Crippen LogP contribution >= 0.6 is 0 Å². The monoisotopic (exact) mass is 1040 g/mol. The van der Waals surface area contributed by atoms with Crippen LogP contribution in [0, 0.1) is 26.8 Å². The van der Waals surface area contributed by atoms with E-state index in [1.807, 2.05) is 129 Å². The number of rotatable bonds is 8. The summed E-state index contributed by atoms with van der Waals surface area (Å²) in [5.74, 6) is 0.637. The van der Waals surface area contributed by atoms with Gasteiger partial charge in [0.05, 0.1) is 22.3 Å². The van der Waals surface area contributed by atoms with Gasteiger partial charge >= 0.3 is 0 Å². The molecule has 0 radical (unpaired) electrons. The Labute approximate surface area is 406 Å². The fourth-order valence-electron chi connectivity index (χ4n) is 8.92. The minimum Gasteiger partial charge on any atom is -0.507 e. The fraction of sp³-hybridized carbons (Fsp3) is 0.115. The van der Waals surface area contributed by atoms with Crippen LogP contribution in [0.2, 0.25) is 0 Å². The van der Waals surface area contributed by atoms with E-state index in [1.165, 1.54) is 0 Å². The molecule has 0 fully saturated rings. The van der Waals surface area contributed by atoms with E-state index in [9.17, 15) is 5.11 Å². The zero-order chi connectivity index (χ0) is 47.3. The number of phenols is 1. The van der Waals surface area contributed by atoms with Gasteiger partial charge in [-0.1, -0.05) is 177 Å². The number of hydrogen-bond donors (Lipinski definition) is 1. The van der Waals surface area contributed by atoms with Crippen molar-refractivity contribution in [1.29, 1.82) is 0 Å². The maximum Gasteiger partial charge on any atom is 0.148 e. The first-order chi connectivity index (χ1) is 32.7. The molecule has 0 amide bonds. The van der Waals surface area contributed by atoms with Crippen LogP contribution in [-0.2, 0) is 26.5 Å². The summed E-state index contributed by atoms with van der Waals surface area (Å²) in [5.41, 5.74) is 16.1. The van der Waals surface area contributed by atoms with Gasteiger partial charge in [0.15, 0.2) is 0 Å². The first-order valence-corrected chi connectivity index (χ1v) is 22.0. The smallest absolute Gasteiger partial charge is 0.148 e. The number of phenolic OH excluding ortho intramolecular Hbond substituents is 1. The summed E-state index contributed by atoms with van der Waals surface area (Å²) in [7, 11) is 0. The number of benzene rings is 8. The molecule has 5 heteroatoms. The Morgan fingerprint density at radius 1 is 0.545 bits per heavy atom. The molecule has 4 nitrogen and oxygen atoms in total. The van der Waals surface area contributed by atoms with Crippen molar-refractivity contribution in [3.05, 3.63) is 217 Å². The molecule has 66 heavy (non-hydrogen) atoms. The van der Waals surface area contributed by atoms with Crippen molar-refractivity contribution in [1.82, 2.24) is 14.5 Å². The van der Waals surface area contributed by atoms with Crippen LogP contribution in [-0.4, -0.2) is 19.6 Å². The van der Waals surface area contributed by atoms with Crippen LogP contribution in [0.4, 0.5) is 0 Å². The van der Waals surface area contributed by atoms with Crippen molar-refractivity contribution in [3.8, 4) is 89.7 Å². The van der Waals surface area contributed by atoms with Crippen molar-refractivity contribution in [3.63, 3.8) is 0 Å². The number of hydrogen-bond acceptors (Lipinski definition) is 3. The van der Waals surface area contributed by atoms with E-state index in [0.717, 1.165) is 89.2 Å². The first-order valence-electron chi connectivity index (χ1n) is 23.5. The second-order valence-electron chi connectivity index (χ2n) is 17.9. The van der Waals surface area contributed by atoms with Crippen LogP contribution in [0.25, 0.3) is 95.0 Å². The van der Waals surface area contributed by atoms with Gasteiger partial charge in [0, 0.05) is 42.6 Å². The van der Waals surface area contributed by atoms with Gasteiger partial charge in [0.2, 0.25) is 0 Å². The number of nitrogens with zero attached hydrogens (tertiary/aromatic N) is 3. The van der Waals surface area contributed by atoms with Crippen molar-refractivity contribution < 1.29 is 30.3 Å². The zero-order valence-electron chi connectivity index (χ0n) is 40.5. The average Bonchev–Trinajstić information content (AvgIpc) is 3.74. The maximum absolute atomic E-state index is 12.0. The maximum atomic E-state index is 12.0. The van der Waals surface area contributed by atoms with Gasteiger partial charge in [-0.2, -0.15) is 0 Å². The summed E-state index contributed by atoms with van der Waals surface area (Å²) < 4.78 is 28.7. The van der Waals surface area contributed by atoms with E-state index >= 15 is 0 Å². The van der Waals surface area contributed by atoms with E-state index in [4.69, 9.17) is 14.1 Å². The molecular formula is C61H50N3OPt-. The van der Waals surface area contributed by atoms with Crippen LogP contribution in [0.3, 0.4) is 0 Å². The van der Waals surface area contributed by atoms with Gasteiger partial charge in [-0.05, 0) is 112 Å². The molecule has 0 unspecified atom stereocenters. The number of aromatic nitrogens is 3. The van der Waals surface area contributed by atoms with Crippen LogP contribution < -0.4 is 0 Å². The van der Waals surface area contributed by atoms with Gasteiger partial charge in [0.25, 0.3) is 0 Å². The number of aryl methyl sites for hydroxylation is 3. The SMILES string of the molecule is [2H]C([2H])([2H])c1cc(-c2ccc(C(C)(C)C)cc2)c(-n2c(-c3cc(C)cc(C)c3O)nc3c(-c4[c-]c(-c5cc(-c6ccccc6)ccn5)cc(-c5ccccc5)c4)cccc32)cc1-c1ccccc1.[Pt]. The molecule has 2 heterocycles. The van der Waals surface area contributed by atoms with Gasteiger partial charge in [0.1, 0.15) is 11.6 Å². The van der Waals surface area contributed by atoms with Gasteiger partial charge < -0.3 is 5.11 Å². The zero-order valence-corrected chi connectivity index (χ0v) is 39.8. The number of pyridine rings is 1. The summed E-state index contributed by atoms with van der Waals surface area (Å²) in [6, 6.07) is 64.8. The molecule has 0 saturated heterocycles. The Morgan fingerprint density at radius 3 is 1.85 bits per heavy atom. The third kappa shape index (κ3) is 8.46. The van der Waals surface area contributed by atoms with E-state index in [2.05, 4.69) is 104 Å². The Hall–Kier alpha value is -7.13. The number of aromatic hydroxyl groups is 1. The predicted molar refractivity (Wildman–Crippen MR) is 270 cm³/mol. The molecule has 0 aliphatic heterocycles. The molecule has 326 valence electrons. The second kappa shape index (κ2) is 18.0. The Kier molecular flexibility index (Phi) is 11.0. The van der Waals surface area contributed by atoms with E-state index in [0.29, 0.717) is 22.5 Å². The molecule has 0 bridgehead atoms. The van der Waals surface area contributed by atoms with Gasteiger partial charge in [-0.3, -0.25) is 9.55 Å². The fourth-order valence-corrected chi connectivity index (χ4v) is 8.92. The van der Waals surface area contributed by atoms with E-state index < -0.39 is 6.85 Å². The standard InChI is InChI=1S/C61H50N3O.Pt/c1-39-31-41(3)59(65)54(32-39)60-63-58-51(48-34-47(43-19-12-8-13-20-43)35-49(36-48)55-37-46(29-30-62-55)42-17-10-7-11-18-42)23-16-24-56(58)64(60)57-38-52(44-21-14-9-15-22-44)40(2)33-53(57)45-25-27-50(28-26-45)61(4,5)6;/h7-35,37-38,65H,1-6H3;/q-1;/i2D3;. The quantitative estimate of drug-likeness (QED) is 0.154. The minimum absolute atomic E-state index is 0. The molecular weight excluding hydrogens is 986 g/mol. The van der Waals surface area contributed by atoms with Crippen molar-refractivity contribution in [2.24, 2.45) is 0 Å². The number of imidazole rings is 1. The first kappa shape index (κ1) is 40.4. The van der Waals surface area contributed by atoms with E-state index in [-0.39, 0.29) is 37.8 Å². The molecule has 0 atom stereocenters. The normalized spacial score (nSPS) is 12.3. The van der Waals surface area contributed by atoms with Crippen LogP contribution in [0.1, 0.15) is 47.1 Å². The molecule has 0 aliphatic rings. The molecule has 0 aliphatic carbocycles. The minimum atomic E-state index is -2.44. The molecule has 2 aromatic heterocycles. The summed E-state index contributed by atoms with van der Waals surface area (Å²) in [5, 5.41) is 12.0. The average molecular weight is 1040 g/mol. The summed E-state index contributed by atoms with van der Waals surface area (Å²) >= 11 is 0. The summed E-state index contributed by atoms with van der Waals surface area (Å²) in [4.78, 5) is 10.4. The van der Waals surface area contributed by atoms with Crippen molar-refractivity contribution in [2.75, 3.05) is 0 Å². The van der Waals surface area contributed by atoms with Crippen molar-refractivity contribution in [2.45, 2.75) is 46.9 Å². The third-order valence-electron chi connectivity index (χ3n) is 12.3. The molecule has 0 saturated carbocycles. The Balaban J connectivity index is 0.00000593. The number of para-hydroxylation sites is 1. The summed E-state index contributed by atoms with van der Waals surface area (Å²) in [6.07, 6.45) is 1.85. The second-order valence-corrected chi connectivity index (χ2v) is 17.9. The van der Waals surface area contributed by atoms with Crippen molar-refractivity contribution >= 4 is 11.0 Å². The Bertz CT molecular complexity index is 3490. The van der Waals surface area contributed by atoms with Crippen LogP contribution in [0.15, 0.2) is 188 Å².